The number of hydrogen-bond donors (Lipinski definition) is 1. The monoisotopic (exact) mass is 348 g/mol. The number of sulfonamides is 1. The van der Waals surface area contributed by atoms with Gasteiger partial charge in [-0.05, 0) is 30.7 Å². The van der Waals surface area contributed by atoms with E-state index in [1.807, 2.05) is 4.72 Å². The molecule has 124 valence electrons. The van der Waals surface area contributed by atoms with Gasteiger partial charge >= 0.3 is 0 Å². The van der Waals surface area contributed by atoms with Crippen LogP contribution < -0.4 is 4.72 Å². The van der Waals surface area contributed by atoms with E-state index in [1.165, 1.54) is 22.8 Å². The van der Waals surface area contributed by atoms with Crippen molar-refractivity contribution in [1.29, 1.82) is 0 Å². The van der Waals surface area contributed by atoms with Crippen LogP contribution in [0.1, 0.15) is 21.6 Å². The number of carbonyl (C=O) groups excluding carboxylic acids is 1. The zero-order valence-electron chi connectivity index (χ0n) is 12.6. The summed E-state index contributed by atoms with van der Waals surface area (Å²) in [7, 11) is -3.94. The van der Waals surface area contributed by atoms with E-state index in [4.69, 9.17) is 0 Å². The molecule has 1 aromatic carbocycles. The lowest BCUT2D eigenvalue weighted by Crippen LogP contribution is -2.31. The second-order valence-electron chi connectivity index (χ2n) is 5.21. The number of benzene rings is 1. The van der Waals surface area contributed by atoms with Crippen LogP contribution in [0.3, 0.4) is 0 Å². The number of rotatable bonds is 4. The van der Waals surface area contributed by atoms with Gasteiger partial charge in [-0.15, -0.1) is 0 Å². The number of aromatic nitrogens is 3. The fourth-order valence-corrected chi connectivity index (χ4v) is 3.25. The molecule has 2 heterocycles. The van der Waals surface area contributed by atoms with Gasteiger partial charge in [0.15, 0.2) is 5.65 Å². The summed E-state index contributed by atoms with van der Waals surface area (Å²) in [4.78, 5) is 16.4. The molecule has 0 fully saturated rings. The number of fused-ring (bicyclic) bond motifs is 1. The van der Waals surface area contributed by atoms with Gasteiger partial charge in [0.25, 0.3) is 5.91 Å². The fourth-order valence-electron chi connectivity index (χ4n) is 2.15. The molecule has 0 bridgehead atoms. The van der Waals surface area contributed by atoms with Gasteiger partial charge in [0.1, 0.15) is 11.4 Å². The lowest BCUT2D eigenvalue weighted by molar-refractivity contribution is 0.0983. The number of amides is 1. The van der Waals surface area contributed by atoms with E-state index in [0.29, 0.717) is 11.3 Å². The van der Waals surface area contributed by atoms with Crippen molar-refractivity contribution in [3.8, 4) is 0 Å². The molecular formula is C15H13FN4O3S. The van der Waals surface area contributed by atoms with E-state index in [1.54, 1.807) is 19.2 Å². The third-order valence-electron chi connectivity index (χ3n) is 3.27. The molecule has 0 saturated carbocycles. The van der Waals surface area contributed by atoms with Crippen LogP contribution in [-0.2, 0) is 15.8 Å². The zero-order valence-corrected chi connectivity index (χ0v) is 13.4. The molecule has 1 N–H and O–H groups in total. The van der Waals surface area contributed by atoms with Crippen molar-refractivity contribution in [1.82, 2.24) is 19.3 Å². The standard InChI is InChI=1S/C15H13FN4O3S/c1-10-6-7-20-14(18-10)13(8-17-20)15(21)19-24(22,23)9-11-2-4-12(16)5-3-11/h2-8H,9H2,1H3,(H,19,21). The number of aryl methyl sites for hydroxylation is 1. The van der Waals surface area contributed by atoms with Crippen molar-refractivity contribution < 1.29 is 17.6 Å². The van der Waals surface area contributed by atoms with Gasteiger partial charge in [-0.25, -0.2) is 27.0 Å². The Morgan fingerprint density at radius 1 is 1.25 bits per heavy atom. The van der Waals surface area contributed by atoms with Crippen LogP contribution in [0, 0.1) is 12.7 Å². The Morgan fingerprint density at radius 3 is 2.67 bits per heavy atom. The van der Waals surface area contributed by atoms with Crippen LogP contribution >= 0.6 is 0 Å². The molecular weight excluding hydrogens is 335 g/mol. The van der Waals surface area contributed by atoms with Crippen molar-refractivity contribution in [3.63, 3.8) is 0 Å². The molecule has 3 aromatic rings. The molecule has 1 amide bonds. The second-order valence-corrected chi connectivity index (χ2v) is 6.93. The molecule has 0 aliphatic carbocycles. The zero-order chi connectivity index (χ0) is 17.3. The molecule has 0 atom stereocenters. The second kappa shape index (κ2) is 6.00. The Balaban J connectivity index is 1.82. The molecule has 24 heavy (non-hydrogen) atoms. The van der Waals surface area contributed by atoms with Gasteiger partial charge in [-0.3, -0.25) is 4.79 Å². The highest BCUT2D eigenvalue weighted by atomic mass is 32.2. The Morgan fingerprint density at radius 2 is 1.96 bits per heavy atom. The molecule has 0 unspecified atom stereocenters. The third kappa shape index (κ3) is 3.40. The number of carbonyl (C=O) groups is 1. The largest absolute Gasteiger partial charge is 0.270 e. The average Bonchev–Trinajstić information content (AvgIpc) is 2.92. The first-order valence-electron chi connectivity index (χ1n) is 6.94. The van der Waals surface area contributed by atoms with Crippen LogP contribution in [0.4, 0.5) is 4.39 Å². The molecule has 9 heteroatoms. The molecule has 7 nitrogen and oxygen atoms in total. The van der Waals surface area contributed by atoms with E-state index in [2.05, 4.69) is 10.1 Å². The van der Waals surface area contributed by atoms with Gasteiger partial charge in [0, 0.05) is 11.9 Å². The smallest absolute Gasteiger partial charge is 0.268 e. The van der Waals surface area contributed by atoms with E-state index < -0.39 is 27.5 Å². The summed E-state index contributed by atoms with van der Waals surface area (Å²) in [5.41, 5.74) is 1.36. The molecule has 0 aliphatic heterocycles. The first-order valence-corrected chi connectivity index (χ1v) is 8.59. The Kier molecular flexibility index (Phi) is 4.02. The maximum Gasteiger partial charge on any atom is 0.270 e. The lowest BCUT2D eigenvalue weighted by Gasteiger charge is -2.06. The number of nitrogens with zero attached hydrogens (tertiary/aromatic N) is 3. The van der Waals surface area contributed by atoms with Gasteiger partial charge in [-0.1, -0.05) is 12.1 Å². The highest BCUT2D eigenvalue weighted by Gasteiger charge is 2.20. The van der Waals surface area contributed by atoms with Crippen LogP contribution in [0.2, 0.25) is 0 Å². The van der Waals surface area contributed by atoms with Gasteiger partial charge < -0.3 is 0 Å². The van der Waals surface area contributed by atoms with Crippen molar-refractivity contribution in [2.75, 3.05) is 0 Å². The lowest BCUT2D eigenvalue weighted by atomic mass is 10.2. The Bertz CT molecular complexity index is 1010. The topological polar surface area (TPSA) is 93.4 Å². The molecule has 3 rings (SSSR count). The average molecular weight is 348 g/mol. The molecule has 0 aliphatic rings. The number of nitrogens with one attached hydrogen (secondary N) is 1. The predicted octanol–water partition coefficient (Wildman–Crippen LogP) is 1.44. The van der Waals surface area contributed by atoms with Crippen molar-refractivity contribution in [2.45, 2.75) is 12.7 Å². The van der Waals surface area contributed by atoms with Gasteiger partial charge in [0.2, 0.25) is 10.0 Å². The summed E-state index contributed by atoms with van der Waals surface area (Å²) in [6.07, 6.45) is 2.88. The maximum atomic E-state index is 12.9. The predicted molar refractivity (Wildman–Crippen MR) is 84.2 cm³/mol. The normalized spacial score (nSPS) is 11.6. The first kappa shape index (κ1) is 16.1. The minimum Gasteiger partial charge on any atom is -0.268 e. The molecule has 0 spiro atoms. The van der Waals surface area contributed by atoms with Crippen LogP contribution in [0.25, 0.3) is 5.65 Å². The van der Waals surface area contributed by atoms with Crippen molar-refractivity contribution >= 4 is 21.6 Å². The van der Waals surface area contributed by atoms with Crippen LogP contribution in [0.5, 0.6) is 0 Å². The highest BCUT2D eigenvalue weighted by Crippen LogP contribution is 2.11. The van der Waals surface area contributed by atoms with Crippen molar-refractivity contribution in [2.24, 2.45) is 0 Å². The molecule has 2 aromatic heterocycles. The Hall–Kier alpha value is -2.81. The molecule has 0 saturated heterocycles. The first-order chi connectivity index (χ1) is 11.3. The SMILES string of the molecule is Cc1ccn2ncc(C(=O)NS(=O)(=O)Cc3ccc(F)cc3)c2n1. The number of hydrogen-bond acceptors (Lipinski definition) is 5. The minimum absolute atomic E-state index is 0.0568. The third-order valence-corrected chi connectivity index (χ3v) is 4.48. The highest BCUT2D eigenvalue weighted by molar-refractivity contribution is 7.89. The van der Waals surface area contributed by atoms with E-state index >= 15 is 0 Å². The summed E-state index contributed by atoms with van der Waals surface area (Å²) < 4.78 is 40.5. The summed E-state index contributed by atoms with van der Waals surface area (Å²) in [5.74, 6) is -1.72. The minimum atomic E-state index is -3.94. The van der Waals surface area contributed by atoms with Gasteiger partial charge in [0.05, 0.1) is 11.9 Å². The van der Waals surface area contributed by atoms with Gasteiger partial charge in [-0.2, -0.15) is 5.10 Å². The maximum absolute atomic E-state index is 12.9. The summed E-state index contributed by atoms with van der Waals surface area (Å²) in [5, 5.41) is 3.96. The van der Waals surface area contributed by atoms with E-state index in [9.17, 15) is 17.6 Å². The summed E-state index contributed by atoms with van der Waals surface area (Å²) >= 11 is 0. The summed E-state index contributed by atoms with van der Waals surface area (Å²) in [6, 6.07) is 6.72. The quantitative estimate of drug-likeness (QED) is 0.770. The van der Waals surface area contributed by atoms with E-state index in [-0.39, 0.29) is 11.2 Å². The summed E-state index contributed by atoms with van der Waals surface area (Å²) in [6.45, 7) is 1.75. The van der Waals surface area contributed by atoms with E-state index in [0.717, 1.165) is 12.1 Å². The Labute approximate surface area is 137 Å². The van der Waals surface area contributed by atoms with Crippen LogP contribution in [-0.4, -0.2) is 28.9 Å². The fraction of sp³-hybridized carbons (Fsp3) is 0.133. The molecule has 0 radical (unpaired) electrons. The number of halogens is 1. The van der Waals surface area contributed by atoms with Crippen molar-refractivity contribution in [3.05, 3.63) is 65.4 Å². The van der Waals surface area contributed by atoms with Crippen LogP contribution in [0.15, 0.2) is 42.7 Å².